The molecule has 0 aliphatic carbocycles. The highest BCUT2D eigenvalue weighted by Crippen LogP contribution is 2.05. The maximum absolute atomic E-state index is 10.9. The van der Waals surface area contributed by atoms with Crippen LogP contribution in [0.1, 0.15) is 20.8 Å². The number of ether oxygens (including phenoxy) is 1. The first-order valence-corrected chi connectivity index (χ1v) is 3.61. The molecule has 76 valence electrons. The molecule has 0 aromatic heterocycles. The molecule has 0 atom stereocenters. The summed E-state index contributed by atoms with van der Waals surface area (Å²) in [7, 11) is 0. The molecule has 3 amide bonds. The molecule has 0 aromatic rings. The minimum absolute atomic E-state index is 0.606. The zero-order valence-corrected chi connectivity index (χ0v) is 7.80. The van der Waals surface area contributed by atoms with E-state index in [2.05, 4.69) is 0 Å². The van der Waals surface area contributed by atoms with E-state index in [1.54, 1.807) is 26.2 Å². The van der Waals surface area contributed by atoms with Crippen LogP contribution >= 0.6 is 0 Å². The van der Waals surface area contributed by atoms with Crippen LogP contribution in [-0.2, 0) is 4.74 Å². The van der Waals surface area contributed by atoms with Crippen LogP contribution < -0.4 is 22.1 Å². The molecule has 0 aliphatic rings. The van der Waals surface area contributed by atoms with E-state index < -0.39 is 17.7 Å². The van der Waals surface area contributed by atoms with E-state index in [-0.39, 0.29) is 0 Å². The highest BCUT2D eigenvalue weighted by atomic mass is 16.6. The van der Waals surface area contributed by atoms with Gasteiger partial charge in [0.15, 0.2) is 0 Å². The van der Waals surface area contributed by atoms with E-state index in [1.807, 2.05) is 10.9 Å². The van der Waals surface area contributed by atoms with Crippen molar-refractivity contribution in [2.24, 2.45) is 5.84 Å². The second-order valence-corrected chi connectivity index (χ2v) is 3.23. The number of hydrogen-bond donors (Lipinski definition) is 4. The van der Waals surface area contributed by atoms with Crippen molar-refractivity contribution in [1.82, 2.24) is 16.3 Å². The van der Waals surface area contributed by atoms with E-state index in [0.717, 1.165) is 0 Å². The molecule has 0 aromatic carbocycles. The minimum atomic E-state index is -0.754. The number of carbonyl (C=O) groups excluding carboxylic acids is 2. The lowest BCUT2D eigenvalue weighted by atomic mass is 10.2. The van der Waals surface area contributed by atoms with Crippen LogP contribution in [0, 0.1) is 0 Å². The van der Waals surface area contributed by atoms with E-state index in [1.165, 1.54) is 0 Å². The van der Waals surface area contributed by atoms with Crippen molar-refractivity contribution in [3.8, 4) is 0 Å². The fourth-order valence-corrected chi connectivity index (χ4v) is 0.447. The molecule has 0 radical (unpaired) electrons. The van der Waals surface area contributed by atoms with Gasteiger partial charge in [0.25, 0.3) is 0 Å². The Labute approximate surface area is 75.9 Å². The van der Waals surface area contributed by atoms with Crippen molar-refractivity contribution in [3.05, 3.63) is 0 Å². The van der Waals surface area contributed by atoms with Crippen molar-refractivity contribution < 1.29 is 14.3 Å². The molecule has 0 fully saturated rings. The first-order chi connectivity index (χ1) is 5.85. The molecule has 0 spiro atoms. The quantitative estimate of drug-likeness (QED) is 0.237. The SMILES string of the molecule is CC(C)(C)OC(=O)NNC(=O)NN. The molecule has 0 unspecified atom stereocenters. The van der Waals surface area contributed by atoms with E-state index in [9.17, 15) is 9.59 Å². The first kappa shape index (κ1) is 11.5. The zero-order valence-electron chi connectivity index (χ0n) is 7.80. The highest BCUT2D eigenvalue weighted by molar-refractivity contribution is 5.77. The number of hydrazine groups is 2. The van der Waals surface area contributed by atoms with Gasteiger partial charge in [-0.2, -0.15) is 0 Å². The molecule has 0 rings (SSSR count). The molecular weight excluding hydrogens is 176 g/mol. The molecular formula is C6H14N4O3. The van der Waals surface area contributed by atoms with Crippen molar-refractivity contribution in [2.45, 2.75) is 26.4 Å². The topological polar surface area (TPSA) is 105 Å². The van der Waals surface area contributed by atoms with Gasteiger partial charge in [-0.05, 0) is 20.8 Å². The third-order valence-corrected chi connectivity index (χ3v) is 0.808. The summed E-state index contributed by atoms with van der Waals surface area (Å²) in [5.74, 6) is 4.73. The van der Waals surface area contributed by atoms with Crippen LogP contribution in [0.5, 0.6) is 0 Å². The van der Waals surface area contributed by atoms with Crippen LogP contribution in [0.2, 0.25) is 0 Å². The molecule has 5 N–H and O–H groups in total. The maximum atomic E-state index is 10.9. The summed E-state index contributed by atoms with van der Waals surface area (Å²) in [5.41, 5.74) is 5.10. The van der Waals surface area contributed by atoms with Gasteiger partial charge < -0.3 is 4.74 Å². The number of carbonyl (C=O) groups is 2. The maximum Gasteiger partial charge on any atom is 0.426 e. The number of rotatable bonds is 0. The molecule has 7 nitrogen and oxygen atoms in total. The van der Waals surface area contributed by atoms with Gasteiger partial charge in [-0.15, -0.1) is 0 Å². The van der Waals surface area contributed by atoms with Gasteiger partial charge in [-0.1, -0.05) is 0 Å². The summed E-state index contributed by atoms with van der Waals surface area (Å²) in [5, 5.41) is 0. The first-order valence-electron chi connectivity index (χ1n) is 3.61. The molecule has 7 heteroatoms. The van der Waals surface area contributed by atoms with Gasteiger partial charge >= 0.3 is 12.1 Å². The number of urea groups is 1. The second kappa shape index (κ2) is 4.51. The summed E-state index contributed by atoms with van der Waals surface area (Å²) in [4.78, 5) is 21.3. The van der Waals surface area contributed by atoms with Crippen LogP contribution in [0.25, 0.3) is 0 Å². The molecule has 0 aliphatic heterocycles. The monoisotopic (exact) mass is 190 g/mol. The number of nitrogens with one attached hydrogen (secondary N) is 3. The Morgan fingerprint density at radius 1 is 1.23 bits per heavy atom. The Morgan fingerprint density at radius 2 is 1.77 bits per heavy atom. The molecule has 13 heavy (non-hydrogen) atoms. The second-order valence-electron chi connectivity index (χ2n) is 3.23. The van der Waals surface area contributed by atoms with Gasteiger partial charge in [0, 0.05) is 0 Å². The summed E-state index contributed by atoms with van der Waals surface area (Å²) >= 11 is 0. The Morgan fingerprint density at radius 3 is 2.15 bits per heavy atom. The van der Waals surface area contributed by atoms with Crippen molar-refractivity contribution in [1.29, 1.82) is 0 Å². The van der Waals surface area contributed by atoms with Gasteiger partial charge in [0.05, 0.1) is 0 Å². The largest absolute Gasteiger partial charge is 0.443 e. The average Bonchev–Trinajstić information content (AvgIpc) is 1.97. The van der Waals surface area contributed by atoms with Crippen LogP contribution in [0.15, 0.2) is 0 Å². The van der Waals surface area contributed by atoms with Crippen molar-refractivity contribution in [3.63, 3.8) is 0 Å². The third-order valence-electron chi connectivity index (χ3n) is 0.808. The van der Waals surface area contributed by atoms with Gasteiger partial charge in [-0.25, -0.2) is 26.3 Å². The molecule has 0 saturated heterocycles. The van der Waals surface area contributed by atoms with Crippen LogP contribution in [0.3, 0.4) is 0 Å². The fourth-order valence-electron chi connectivity index (χ4n) is 0.447. The van der Waals surface area contributed by atoms with Gasteiger partial charge in [0.2, 0.25) is 0 Å². The third kappa shape index (κ3) is 6.88. The molecule has 0 heterocycles. The predicted molar refractivity (Wildman–Crippen MR) is 45.2 cm³/mol. The van der Waals surface area contributed by atoms with Crippen molar-refractivity contribution >= 4 is 12.1 Å². The number of hydrogen-bond acceptors (Lipinski definition) is 4. The summed E-state index contributed by atoms with van der Waals surface area (Å²) in [6.07, 6.45) is -0.754. The average molecular weight is 190 g/mol. The van der Waals surface area contributed by atoms with Crippen molar-refractivity contribution in [2.75, 3.05) is 0 Å². The Hall–Kier alpha value is -1.50. The van der Waals surface area contributed by atoms with Gasteiger partial charge in [0.1, 0.15) is 5.60 Å². The smallest absolute Gasteiger partial charge is 0.426 e. The van der Waals surface area contributed by atoms with Gasteiger partial charge in [-0.3, -0.25) is 5.43 Å². The molecule has 0 saturated carbocycles. The standard InChI is InChI=1S/C6H14N4O3/c1-6(2,3)13-5(12)10-9-4(11)8-7/h7H2,1-3H3,(H,10,12)(H2,8,9,11). The lowest BCUT2D eigenvalue weighted by molar-refractivity contribution is 0.0505. The van der Waals surface area contributed by atoms with E-state index in [4.69, 9.17) is 10.6 Å². The predicted octanol–water partition coefficient (Wildman–Crippen LogP) is -0.401. The Bertz CT molecular complexity index is 199. The number of amides is 3. The Balaban J connectivity index is 3.71. The van der Waals surface area contributed by atoms with Crippen LogP contribution in [0.4, 0.5) is 9.59 Å². The minimum Gasteiger partial charge on any atom is -0.443 e. The Kier molecular flexibility index (Phi) is 3.99. The summed E-state index contributed by atoms with van der Waals surface area (Å²) < 4.78 is 4.80. The summed E-state index contributed by atoms with van der Waals surface area (Å²) in [6, 6.07) is -0.731. The summed E-state index contributed by atoms with van der Waals surface area (Å²) in [6.45, 7) is 5.11. The zero-order chi connectivity index (χ0) is 10.5. The lowest BCUT2D eigenvalue weighted by Crippen LogP contribution is -2.50. The fraction of sp³-hybridized carbons (Fsp3) is 0.667. The molecule has 0 bridgehead atoms. The van der Waals surface area contributed by atoms with Crippen LogP contribution in [-0.4, -0.2) is 17.7 Å². The normalized spacial score (nSPS) is 10.2. The van der Waals surface area contributed by atoms with E-state index in [0.29, 0.717) is 0 Å². The highest BCUT2D eigenvalue weighted by Gasteiger charge is 2.15. The lowest BCUT2D eigenvalue weighted by Gasteiger charge is -2.19. The number of nitrogens with two attached hydrogens (primary N) is 1. The van der Waals surface area contributed by atoms with E-state index >= 15 is 0 Å².